The molecule has 0 aliphatic heterocycles. The molecule has 1 aromatic heterocycles. The average Bonchev–Trinajstić information content (AvgIpc) is 2.94. The number of esters is 1. The van der Waals surface area contributed by atoms with Crippen LogP contribution in [0.2, 0.25) is 0 Å². The molecule has 3 rings (SSSR count). The third-order valence-electron chi connectivity index (χ3n) is 3.54. The van der Waals surface area contributed by atoms with Crippen LogP contribution >= 0.6 is 22.6 Å². The molecule has 116 valence electrons. The Morgan fingerprint density at radius 3 is 2.00 bits per heavy atom. The molecule has 1 heterocycles. The fourth-order valence-corrected chi connectivity index (χ4v) is 3.43. The van der Waals surface area contributed by atoms with Gasteiger partial charge in [-0.25, -0.2) is 4.79 Å². The van der Waals surface area contributed by atoms with Crippen molar-refractivity contribution >= 4 is 28.6 Å². The van der Waals surface area contributed by atoms with Gasteiger partial charge in [0.2, 0.25) is 0 Å². The Bertz CT molecular complexity index is 810. The number of hydrogen-bond acceptors (Lipinski definition) is 2. The van der Waals surface area contributed by atoms with Crippen molar-refractivity contribution in [3.8, 4) is 22.5 Å². The van der Waals surface area contributed by atoms with Crippen molar-refractivity contribution in [2.24, 2.45) is 0 Å². The molecule has 1 N–H and O–H groups in total. The molecule has 23 heavy (non-hydrogen) atoms. The lowest BCUT2D eigenvalue weighted by Crippen LogP contribution is -2.06. The molecule has 0 amide bonds. The number of halogens is 1. The number of ether oxygens (including phenoxy) is 1. The zero-order valence-electron chi connectivity index (χ0n) is 12.7. The zero-order chi connectivity index (χ0) is 16.2. The Balaban J connectivity index is 2.20. The highest BCUT2D eigenvalue weighted by molar-refractivity contribution is 14.1. The summed E-state index contributed by atoms with van der Waals surface area (Å²) in [5, 5.41) is 0. The van der Waals surface area contributed by atoms with Crippen LogP contribution in [0, 0.1) is 3.57 Å². The Hall–Kier alpha value is -2.08. The van der Waals surface area contributed by atoms with Crippen LogP contribution in [0.5, 0.6) is 0 Å². The van der Waals surface area contributed by atoms with Gasteiger partial charge in [-0.15, -0.1) is 0 Å². The molecule has 0 atom stereocenters. The van der Waals surface area contributed by atoms with E-state index in [9.17, 15) is 4.79 Å². The van der Waals surface area contributed by atoms with Crippen molar-refractivity contribution in [1.82, 2.24) is 4.98 Å². The predicted molar refractivity (Wildman–Crippen MR) is 100 cm³/mol. The van der Waals surface area contributed by atoms with Gasteiger partial charge in [0.15, 0.2) is 0 Å². The lowest BCUT2D eigenvalue weighted by molar-refractivity contribution is 0.0526. The molecule has 0 aliphatic carbocycles. The minimum Gasteiger partial charge on any atom is -0.462 e. The van der Waals surface area contributed by atoms with Crippen LogP contribution in [0.3, 0.4) is 0 Å². The molecule has 0 aliphatic rings. The first-order valence-corrected chi connectivity index (χ1v) is 8.49. The summed E-state index contributed by atoms with van der Waals surface area (Å²) in [6.07, 6.45) is 0. The van der Waals surface area contributed by atoms with Crippen molar-refractivity contribution in [3.63, 3.8) is 0 Å². The third-order valence-corrected chi connectivity index (χ3v) is 4.62. The zero-order valence-corrected chi connectivity index (χ0v) is 14.8. The van der Waals surface area contributed by atoms with Crippen LogP contribution in [0.15, 0.2) is 60.7 Å². The van der Waals surface area contributed by atoms with Crippen LogP contribution in [-0.4, -0.2) is 17.6 Å². The average molecular weight is 417 g/mol. The van der Waals surface area contributed by atoms with Crippen LogP contribution < -0.4 is 0 Å². The van der Waals surface area contributed by atoms with E-state index in [1.165, 1.54) is 0 Å². The largest absolute Gasteiger partial charge is 0.462 e. The van der Waals surface area contributed by atoms with Crippen LogP contribution in [0.1, 0.15) is 17.3 Å². The van der Waals surface area contributed by atoms with Crippen molar-refractivity contribution in [2.75, 3.05) is 6.61 Å². The maximum Gasteiger partial charge on any atom is 0.341 e. The van der Waals surface area contributed by atoms with Gasteiger partial charge >= 0.3 is 5.97 Å². The van der Waals surface area contributed by atoms with Crippen molar-refractivity contribution in [1.29, 1.82) is 0 Å². The Morgan fingerprint density at radius 1 is 0.957 bits per heavy atom. The van der Waals surface area contributed by atoms with Gasteiger partial charge in [-0.2, -0.15) is 0 Å². The Labute approximate surface area is 148 Å². The monoisotopic (exact) mass is 417 g/mol. The molecule has 0 fully saturated rings. The van der Waals surface area contributed by atoms with Gasteiger partial charge in [0, 0.05) is 0 Å². The van der Waals surface area contributed by atoms with Crippen LogP contribution in [0.25, 0.3) is 22.5 Å². The number of aromatic amines is 1. The highest BCUT2D eigenvalue weighted by Gasteiger charge is 2.24. The molecule has 0 unspecified atom stereocenters. The molecule has 0 saturated carbocycles. The molecule has 0 spiro atoms. The summed E-state index contributed by atoms with van der Waals surface area (Å²) in [6.45, 7) is 2.17. The van der Waals surface area contributed by atoms with Gasteiger partial charge in [0.1, 0.15) is 0 Å². The van der Waals surface area contributed by atoms with Crippen LogP contribution in [0.4, 0.5) is 0 Å². The summed E-state index contributed by atoms with van der Waals surface area (Å²) in [4.78, 5) is 15.9. The van der Waals surface area contributed by atoms with E-state index >= 15 is 0 Å². The molecule has 0 bridgehead atoms. The second-order valence-corrected chi connectivity index (χ2v) is 6.10. The smallest absolute Gasteiger partial charge is 0.341 e. The van der Waals surface area contributed by atoms with Gasteiger partial charge < -0.3 is 9.72 Å². The summed E-state index contributed by atoms with van der Waals surface area (Å²) in [7, 11) is 0. The number of nitrogens with one attached hydrogen (secondary N) is 1. The lowest BCUT2D eigenvalue weighted by atomic mass is 10.1. The molecule has 0 radical (unpaired) electrons. The quantitative estimate of drug-likeness (QED) is 0.473. The van der Waals surface area contributed by atoms with E-state index in [-0.39, 0.29) is 5.97 Å². The van der Waals surface area contributed by atoms with Crippen LogP contribution in [-0.2, 0) is 4.74 Å². The molecule has 3 nitrogen and oxygen atoms in total. The highest BCUT2D eigenvalue weighted by Crippen LogP contribution is 2.35. The minimum atomic E-state index is -0.297. The molecular weight excluding hydrogens is 401 g/mol. The summed E-state index contributed by atoms with van der Waals surface area (Å²) in [6, 6.07) is 19.8. The number of hydrogen-bond donors (Lipinski definition) is 1. The molecule has 4 heteroatoms. The standard InChI is InChI=1S/C19H16INO2/c1-2-23-19(22)15-16(20)18(14-11-7-4-8-12-14)21-17(15)13-9-5-3-6-10-13/h3-12,21H,2H2,1H3. The van der Waals surface area contributed by atoms with E-state index in [0.717, 1.165) is 26.1 Å². The molecule has 2 aromatic carbocycles. The van der Waals surface area contributed by atoms with E-state index < -0.39 is 0 Å². The lowest BCUT2D eigenvalue weighted by Gasteiger charge is -2.04. The first-order valence-electron chi connectivity index (χ1n) is 7.41. The molecular formula is C19H16INO2. The molecule has 0 saturated heterocycles. The Kier molecular flexibility index (Phi) is 4.81. The van der Waals surface area contributed by atoms with E-state index in [1.54, 1.807) is 0 Å². The maximum atomic E-state index is 12.5. The maximum absolute atomic E-state index is 12.5. The summed E-state index contributed by atoms with van der Waals surface area (Å²) >= 11 is 2.21. The van der Waals surface area contributed by atoms with E-state index in [4.69, 9.17) is 4.74 Å². The second kappa shape index (κ2) is 7.00. The van der Waals surface area contributed by atoms with Crippen molar-refractivity contribution in [3.05, 3.63) is 69.8 Å². The normalized spacial score (nSPS) is 10.5. The van der Waals surface area contributed by atoms with E-state index in [0.29, 0.717) is 12.2 Å². The highest BCUT2D eigenvalue weighted by atomic mass is 127. The third kappa shape index (κ3) is 3.17. The predicted octanol–water partition coefficient (Wildman–Crippen LogP) is 5.13. The van der Waals surface area contributed by atoms with E-state index in [2.05, 4.69) is 27.6 Å². The first-order chi connectivity index (χ1) is 11.2. The summed E-state index contributed by atoms with van der Waals surface area (Å²) in [5.41, 5.74) is 4.35. The van der Waals surface area contributed by atoms with Crippen molar-refractivity contribution in [2.45, 2.75) is 6.92 Å². The number of H-pyrrole nitrogens is 1. The Morgan fingerprint density at radius 2 is 1.48 bits per heavy atom. The van der Waals surface area contributed by atoms with Gasteiger partial charge in [-0.1, -0.05) is 60.7 Å². The fraction of sp³-hybridized carbons (Fsp3) is 0.105. The summed E-state index contributed by atoms with van der Waals surface area (Å²) < 4.78 is 6.14. The summed E-state index contributed by atoms with van der Waals surface area (Å²) in [5.74, 6) is -0.297. The number of carbonyl (C=O) groups excluding carboxylic acids is 1. The fourth-order valence-electron chi connectivity index (χ4n) is 2.50. The number of carbonyl (C=O) groups is 1. The topological polar surface area (TPSA) is 42.1 Å². The van der Waals surface area contributed by atoms with Gasteiger partial charge in [0.05, 0.1) is 27.1 Å². The van der Waals surface area contributed by atoms with Gasteiger partial charge in [-0.3, -0.25) is 0 Å². The SMILES string of the molecule is CCOC(=O)c1c(-c2ccccc2)[nH]c(-c2ccccc2)c1I. The van der Waals surface area contributed by atoms with Gasteiger partial charge in [0.25, 0.3) is 0 Å². The second-order valence-electron chi connectivity index (χ2n) is 5.02. The van der Waals surface area contributed by atoms with Crippen molar-refractivity contribution < 1.29 is 9.53 Å². The molecule has 3 aromatic rings. The number of aromatic nitrogens is 1. The van der Waals surface area contributed by atoms with Gasteiger partial charge in [-0.05, 0) is 40.6 Å². The van der Waals surface area contributed by atoms with E-state index in [1.807, 2.05) is 67.6 Å². The first kappa shape index (κ1) is 15.8. The number of rotatable bonds is 4. The number of benzene rings is 2. The minimum absolute atomic E-state index is 0.297.